The van der Waals surface area contributed by atoms with Gasteiger partial charge in [-0.1, -0.05) is 0 Å². The van der Waals surface area contributed by atoms with E-state index in [0.717, 1.165) is 23.4 Å². The Balaban J connectivity index is 1.29. The number of aryl methyl sites for hydroxylation is 1. The minimum Gasteiger partial charge on any atom is -0.353 e. The molecular weight excluding hydrogens is 404 g/mol. The summed E-state index contributed by atoms with van der Waals surface area (Å²) in [6, 6.07) is 3.68. The molecule has 1 fully saturated rings. The molecule has 0 saturated carbocycles. The molecule has 0 radical (unpaired) electrons. The van der Waals surface area contributed by atoms with Gasteiger partial charge in [0.25, 0.3) is 5.56 Å². The van der Waals surface area contributed by atoms with Gasteiger partial charge in [-0.15, -0.1) is 15.3 Å². The van der Waals surface area contributed by atoms with E-state index in [9.17, 15) is 14.4 Å². The van der Waals surface area contributed by atoms with Gasteiger partial charge >= 0.3 is 5.69 Å². The topological polar surface area (TPSA) is 137 Å². The first-order chi connectivity index (χ1) is 14.9. The number of nitrogens with one attached hydrogen (secondary N) is 1. The Morgan fingerprint density at radius 2 is 2.03 bits per heavy atom. The fourth-order valence-corrected chi connectivity index (χ4v) is 3.92. The number of nitrogens with zero attached hydrogens (tertiary/aromatic N) is 9. The van der Waals surface area contributed by atoms with E-state index in [1.165, 1.54) is 22.5 Å². The Morgan fingerprint density at radius 1 is 1.19 bits per heavy atom. The molecule has 0 unspecified atom stereocenters. The summed E-state index contributed by atoms with van der Waals surface area (Å²) in [5, 5.41) is 15.3. The van der Waals surface area contributed by atoms with Crippen LogP contribution in [0.3, 0.4) is 0 Å². The highest BCUT2D eigenvalue weighted by molar-refractivity contribution is 5.79. The molecule has 13 nitrogen and oxygen atoms in total. The van der Waals surface area contributed by atoms with Crippen LogP contribution in [0.25, 0.3) is 16.8 Å². The predicted octanol–water partition coefficient (Wildman–Crippen LogP) is -1.73. The number of amides is 1. The van der Waals surface area contributed by atoms with Gasteiger partial charge < -0.3 is 14.8 Å². The Kier molecular flexibility index (Phi) is 4.30. The van der Waals surface area contributed by atoms with Crippen LogP contribution in [0, 0.1) is 0 Å². The highest BCUT2D eigenvalue weighted by Crippen LogP contribution is 2.18. The number of hydrogen-bond acceptors (Lipinski definition) is 8. The Morgan fingerprint density at radius 3 is 2.87 bits per heavy atom. The number of anilines is 1. The average Bonchev–Trinajstić information content (AvgIpc) is 3.49. The van der Waals surface area contributed by atoms with Crippen LogP contribution in [-0.2, 0) is 25.4 Å². The van der Waals surface area contributed by atoms with Crippen molar-refractivity contribution in [1.29, 1.82) is 0 Å². The van der Waals surface area contributed by atoms with Gasteiger partial charge in [0, 0.05) is 33.2 Å². The van der Waals surface area contributed by atoms with Gasteiger partial charge in [-0.3, -0.25) is 18.7 Å². The Hall–Kier alpha value is -4.03. The molecule has 1 atom stereocenters. The first-order valence-corrected chi connectivity index (χ1v) is 9.74. The normalized spacial score (nSPS) is 16.5. The molecule has 0 aromatic carbocycles. The number of carbonyl (C=O) groups excluding carboxylic acids is 1. The largest absolute Gasteiger partial charge is 0.353 e. The van der Waals surface area contributed by atoms with E-state index >= 15 is 0 Å². The average molecular weight is 424 g/mol. The maximum absolute atomic E-state index is 12.6. The SMILES string of the molecule is Cn1c(=O)c2c(ncn2CC(=O)N[C@@H]2CCN(c3ccc4nncn4n3)C2)n(C)c1=O. The van der Waals surface area contributed by atoms with Gasteiger partial charge in [-0.05, 0) is 18.6 Å². The second kappa shape index (κ2) is 7.04. The van der Waals surface area contributed by atoms with Gasteiger partial charge in [0.2, 0.25) is 5.91 Å². The molecular formula is C18H20N10O3. The van der Waals surface area contributed by atoms with Crippen molar-refractivity contribution in [3.05, 3.63) is 45.6 Å². The lowest BCUT2D eigenvalue weighted by Crippen LogP contribution is -2.40. The molecule has 0 bridgehead atoms. The summed E-state index contributed by atoms with van der Waals surface area (Å²) in [6.45, 7) is 1.31. The third kappa shape index (κ3) is 3.14. The third-order valence-corrected chi connectivity index (χ3v) is 5.56. The van der Waals surface area contributed by atoms with Crippen LogP contribution in [0.1, 0.15) is 6.42 Å². The molecule has 1 aliphatic heterocycles. The maximum atomic E-state index is 12.6. The summed E-state index contributed by atoms with van der Waals surface area (Å²) in [4.78, 5) is 43.4. The van der Waals surface area contributed by atoms with E-state index in [1.54, 1.807) is 17.9 Å². The Labute approximate surface area is 174 Å². The van der Waals surface area contributed by atoms with Gasteiger partial charge in [0.1, 0.15) is 18.7 Å². The molecule has 4 aromatic rings. The molecule has 160 valence electrons. The van der Waals surface area contributed by atoms with Crippen LogP contribution in [0.4, 0.5) is 5.82 Å². The summed E-state index contributed by atoms with van der Waals surface area (Å²) in [6.07, 6.45) is 3.72. The first-order valence-electron chi connectivity index (χ1n) is 9.74. The van der Waals surface area contributed by atoms with Crippen molar-refractivity contribution in [2.24, 2.45) is 14.1 Å². The minimum atomic E-state index is -0.481. The predicted molar refractivity (Wildman–Crippen MR) is 110 cm³/mol. The zero-order valence-electron chi connectivity index (χ0n) is 17.0. The fourth-order valence-electron chi connectivity index (χ4n) is 3.92. The highest BCUT2D eigenvalue weighted by atomic mass is 16.2. The molecule has 4 aromatic heterocycles. The molecule has 1 N–H and O–H groups in total. The van der Waals surface area contributed by atoms with Crippen LogP contribution in [0.2, 0.25) is 0 Å². The van der Waals surface area contributed by atoms with Crippen molar-refractivity contribution < 1.29 is 4.79 Å². The quantitative estimate of drug-likeness (QED) is 0.408. The zero-order chi connectivity index (χ0) is 21.7. The number of imidazole rings is 1. The Bertz CT molecular complexity index is 1430. The van der Waals surface area contributed by atoms with Crippen molar-refractivity contribution in [1.82, 2.24) is 43.8 Å². The molecule has 13 heteroatoms. The summed E-state index contributed by atoms with van der Waals surface area (Å²) in [5.74, 6) is 0.554. The summed E-state index contributed by atoms with van der Waals surface area (Å²) in [7, 11) is 2.94. The maximum Gasteiger partial charge on any atom is 0.332 e. The van der Waals surface area contributed by atoms with E-state index < -0.39 is 11.2 Å². The van der Waals surface area contributed by atoms with E-state index in [0.29, 0.717) is 12.2 Å². The number of fused-ring (bicyclic) bond motifs is 2. The van der Waals surface area contributed by atoms with Gasteiger partial charge in [-0.2, -0.15) is 4.52 Å². The van der Waals surface area contributed by atoms with Gasteiger partial charge in [-0.25, -0.2) is 9.78 Å². The molecule has 1 amide bonds. The standard InChI is InChI=1S/C18H20N10O3/c1-24-16-15(17(30)25(2)18(24)31)27(9-19-16)8-14(29)21-11-5-6-26(7-11)13-4-3-12-22-20-10-28(12)23-13/h3-4,9-11H,5-8H2,1-2H3,(H,21,29)/t11-/m1/s1. The van der Waals surface area contributed by atoms with Crippen LogP contribution in [0.15, 0.2) is 34.4 Å². The summed E-state index contributed by atoms with van der Waals surface area (Å²) in [5.41, 5.74) is 0.203. The van der Waals surface area contributed by atoms with Crippen LogP contribution < -0.4 is 21.5 Å². The highest BCUT2D eigenvalue weighted by Gasteiger charge is 2.26. The minimum absolute atomic E-state index is 0.0483. The van der Waals surface area contributed by atoms with Gasteiger partial charge in [0.05, 0.1) is 6.33 Å². The van der Waals surface area contributed by atoms with Crippen molar-refractivity contribution in [3.63, 3.8) is 0 Å². The van der Waals surface area contributed by atoms with Crippen LogP contribution >= 0.6 is 0 Å². The number of carbonyl (C=O) groups is 1. The summed E-state index contributed by atoms with van der Waals surface area (Å²) >= 11 is 0. The lowest BCUT2D eigenvalue weighted by atomic mass is 10.2. The second-order valence-electron chi connectivity index (χ2n) is 7.57. The molecule has 5 rings (SSSR count). The van der Waals surface area contributed by atoms with Crippen LogP contribution in [-0.4, -0.2) is 63.5 Å². The van der Waals surface area contributed by atoms with E-state index in [4.69, 9.17) is 0 Å². The zero-order valence-corrected chi connectivity index (χ0v) is 17.0. The second-order valence-corrected chi connectivity index (χ2v) is 7.57. The van der Waals surface area contributed by atoms with Crippen LogP contribution in [0.5, 0.6) is 0 Å². The lowest BCUT2D eigenvalue weighted by molar-refractivity contribution is -0.122. The van der Waals surface area contributed by atoms with Crippen molar-refractivity contribution >= 4 is 28.5 Å². The van der Waals surface area contributed by atoms with Crippen molar-refractivity contribution in [2.75, 3.05) is 18.0 Å². The van der Waals surface area contributed by atoms with E-state index in [2.05, 4.69) is 30.5 Å². The number of rotatable bonds is 4. The van der Waals surface area contributed by atoms with Crippen molar-refractivity contribution in [2.45, 2.75) is 19.0 Å². The monoisotopic (exact) mass is 424 g/mol. The molecule has 1 aliphatic rings. The van der Waals surface area contributed by atoms with E-state index in [-0.39, 0.29) is 29.7 Å². The van der Waals surface area contributed by atoms with Crippen molar-refractivity contribution in [3.8, 4) is 0 Å². The molecule has 5 heterocycles. The molecule has 31 heavy (non-hydrogen) atoms. The molecule has 1 saturated heterocycles. The number of aromatic nitrogens is 8. The van der Waals surface area contributed by atoms with E-state index in [1.807, 2.05) is 12.1 Å². The third-order valence-electron chi connectivity index (χ3n) is 5.56. The van der Waals surface area contributed by atoms with Gasteiger partial charge in [0.15, 0.2) is 16.8 Å². The smallest absolute Gasteiger partial charge is 0.332 e. The summed E-state index contributed by atoms with van der Waals surface area (Å²) < 4.78 is 5.38. The number of hydrogen-bond donors (Lipinski definition) is 1. The lowest BCUT2D eigenvalue weighted by Gasteiger charge is -2.18. The molecule has 0 aliphatic carbocycles. The fraction of sp³-hybridized carbons (Fsp3) is 0.389. The molecule has 0 spiro atoms. The first kappa shape index (κ1) is 19.0.